The predicted molar refractivity (Wildman–Crippen MR) is 132 cm³/mol. The van der Waals surface area contributed by atoms with E-state index < -0.39 is 11.7 Å². The Morgan fingerprint density at radius 2 is 1.94 bits per heavy atom. The first-order chi connectivity index (χ1) is 16.3. The number of hydrogen-bond acceptors (Lipinski definition) is 5. The molecular weight excluding hydrogens is 430 g/mol. The quantitative estimate of drug-likeness (QED) is 0.447. The normalized spacial score (nSPS) is 17.4. The van der Waals surface area contributed by atoms with Crippen molar-refractivity contribution in [2.24, 2.45) is 0 Å². The highest BCUT2D eigenvalue weighted by Gasteiger charge is 2.19. The number of carbonyl (C=O) groups excluding carboxylic acids is 1. The molecule has 182 valence electrons. The van der Waals surface area contributed by atoms with Crippen LogP contribution in [0.2, 0.25) is 0 Å². The second-order valence-electron chi connectivity index (χ2n) is 9.80. The lowest BCUT2D eigenvalue weighted by atomic mass is 9.92. The van der Waals surface area contributed by atoms with E-state index in [9.17, 15) is 4.79 Å². The zero-order valence-electron chi connectivity index (χ0n) is 20.5. The van der Waals surface area contributed by atoms with Gasteiger partial charge in [0.05, 0.1) is 18.3 Å². The Morgan fingerprint density at radius 1 is 1.18 bits per heavy atom. The molecule has 1 fully saturated rings. The fourth-order valence-electron chi connectivity index (χ4n) is 4.17. The van der Waals surface area contributed by atoms with Crippen LogP contribution in [-0.2, 0) is 9.47 Å². The van der Waals surface area contributed by atoms with E-state index in [1.165, 1.54) is 17.5 Å². The summed E-state index contributed by atoms with van der Waals surface area (Å²) in [4.78, 5) is 11.7. The number of fused-ring (bicyclic) bond motifs is 1. The lowest BCUT2D eigenvalue weighted by Crippen LogP contribution is -2.34. The highest BCUT2D eigenvalue weighted by molar-refractivity contribution is 5.79. The number of hydrogen-bond donors (Lipinski definition) is 1. The number of carbonyl (C=O) groups is 1. The number of nitrogens with zero attached hydrogens (tertiary/aromatic N) is 2. The summed E-state index contributed by atoms with van der Waals surface area (Å²) in [6, 6.07) is 14.7. The fourth-order valence-corrected chi connectivity index (χ4v) is 4.17. The van der Waals surface area contributed by atoms with Gasteiger partial charge in [-0.3, -0.25) is 0 Å². The Labute approximate surface area is 201 Å². The molecule has 2 aromatic carbocycles. The number of benzene rings is 2. The van der Waals surface area contributed by atoms with Gasteiger partial charge < -0.3 is 19.5 Å². The maximum atomic E-state index is 11.7. The van der Waals surface area contributed by atoms with Crippen LogP contribution in [0.4, 0.5) is 4.79 Å². The standard InChI is InChI=1S/C27H35N3O4/c1-19(20-8-11-23(12-9-20)32-16-14-28-26(31)34-27(2,3)4)21-10-13-24-22(17-21)18-29-30(24)25-7-5-6-15-33-25/h8-13,17-19,25H,5-7,14-16H2,1-4H3,(H,28,31). The molecule has 1 saturated heterocycles. The van der Waals surface area contributed by atoms with Gasteiger partial charge in [0, 0.05) is 17.9 Å². The van der Waals surface area contributed by atoms with Gasteiger partial charge in [-0.15, -0.1) is 0 Å². The van der Waals surface area contributed by atoms with Gasteiger partial charge in [0.2, 0.25) is 0 Å². The SMILES string of the molecule is CC(c1ccc(OCCNC(=O)OC(C)(C)C)cc1)c1ccc2c(cnn2C2CCCCO2)c1. The molecule has 4 rings (SSSR count). The Bertz CT molecular complexity index is 1100. The maximum absolute atomic E-state index is 11.7. The van der Waals surface area contributed by atoms with Crippen LogP contribution in [-0.4, -0.2) is 41.2 Å². The van der Waals surface area contributed by atoms with Crippen molar-refractivity contribution in [3.05, 3.63) is 59.8 Å². The first-order valence-electron chi connectivity index (χ1n) is 12.1. The summed E-state index contributed by atoms with van der Waals surface area (Å²) < 4.78 is 18.9. The van der Waals surface area contributed by atoms with E-state index in [1.54, 1.807) is 0 Å². The smallest absolute Gasteiger partial charge is 0.407 e. The molecule has 0 spiro atoms. The molecule has 0 saturated carbocycles. The van der Waals surface area contributed by atoms with Crippen LogP contribution in [0.3, 0.4) is 0 Å². The number of nitrogens with one attached hydrogen (secondary N) is 1. The molecule has 1 aliphatic rings. The number of aromatic nitrogens is 2. The molecule has 0 bridgehead atoms. The summed E-state index contributed by atoms with van der Waals surface area (Å²) in [6.45, 7) is 9.28. The van der Waals surface area contributed by atoms with Gasteiger partial charge in [-0.1, -0.05) is 25.1 Å². The molecule has 0 aliphatic carbocycles. The predicted octanol–water partition coefficient (Wildman–Crippen LogP) is 5.79. The van der Waals surface area contributed by atoms with Crippen molar-refractivity contribution >= 4 is 17.0 Å². The number of rotatable bonds is 7. The van der Waals surface area contributed by atoms with Gasteiger partial charge in [-0.25, -0.2) is 9.48 Å². The molecule has 2 heterocycles. The number of ether oxygens (including phenoxy) is 3. The van der Waals surface area contributed by atoms with E-state index in [0.717, 1.165) is 36.1 Å². The second-order valence-corrected chi connectivity index (χ2v) is 9.80. The van der Waals surface area contributed by atoms with Gasteiger partial charge in [0.1, 0.15) is 18.0 Å². The lowest BCUT2D eigenvalue weighted by molar-refractivity contribution is -0.0366. The summed E-state index contributed by atoms with van der Waals surface area (Å²) in [6.07, 6.45) is 4.87. The van der Waals surface area contributed by atoms with E-state index in [1.807, 2.05) is 43.8 Å². The number of amides is 1. The summed E-state index contributed by atoms with van der Waals surface area (Å²) in [7, 11) is 0. The van der Waals surface area contributed by atoms with E-state index in [-0.39, 0.29) is 12.1 Å². The minimum Gasteiger partial charge on any atom is -0.492 e. The van der Waals surface area contributed by atoms with Crippen LogP contribution in [0.1, 0.15) is 70.2 Å². The van der Waals surface area contributed by atoms with Crippen LogP contribution in [0.25, 0.3) is 10.9 Å². The molecule has 0 radical (unpaired) electrons. The Hall–Kier alpha value is -3.06. The maximum Gasteiger partial charge on any atom is 0.407 e. The van der Waals surface area contributed by atoms with Gasteiger partial charge >= 0.3 is 6.09 Å². The van der Waals surface area contributed by atoms with Crippen molar-refractivity contribution in [1.29, 1.82) is 0 Å². The van der Waals surface area contributed by atoms with Crippen molar-refractivity contribution in [1.82, 2.24) is 15.1 Å². The molecular formula is C27H35N3O4. The van der Waals surface area contributed by atoms with Crippen molar-refractivity contribution < 1.29 is 19.0 Å². The highest BCUT2D eigenvalue weighted by Crippen LogP contribution is 2.31. The van der Waals surface area contributed by atoms with E-state index in [2.05, 4.69) is 47.7 Å². The molecule has 7 heteroatoms. The first kappa shape index (κ1) is 24.1. The fraction of sp³-hybridized carbons (Fsp3) is 0.481. The van der Waals surface area contributed by atoms with Gasteiger partial charge in [0.15, 0.2) is 6.23 Å². The molecule has 7 nitrogen and oxygen atoms in total. The second kappa shape index (κ2) is 10.5. The van der Waals surface area contributed by atoms with E-state index in [0.29, 0.717) is 13.2 Å². The molecule has 1 N–H and O–H groups in total. The zero-order chi connectivity index (χ0) is 24.1. The largest absolute Gasteiger partial charge is 0.492 e. The molecule has 2 atom stereocenters. The van der Waals surface area contributed by atoms with Crippen molar-refractivity contribution in [3.63, 3.8) is 0 Å². The Balaban J connectivity index is 1.33. The molecule has 3 aromatic rings. The topological polar surface area (TPSA) is 74.6 Å². The Morgan fingerprint density at radius 3 is 2.65 bits per heavy atom. The lowest BCUT2D eigenvalue weighted by Gasteiger charge is -2.23. The minimum atomic E-state index is -0.508. The van der Waals surface area contributed by atoms with Gasteiger partial charge in [0.25, 0.3) is 0 Å². The van der Waals surface area contributed by atoms with Crippen molar-refractivity contribution in [3.8, 4) is 5.75 Å². The summed E-state index contributed by atoms with van der Waals surface area (Å²) in [5.74, 6) is 1.01. The third-order valence-corrected chi connectivity index (χ3v) is 5.97. The zero-order valence-corrected chi connectivity index (χ0v) is 20.5. The van der Waals surface area contributed by atoms with Crippen LogP contribution in [0.5, 0.6) is 5.75 Å². The minimum absolute atomic E-state index is 0.0430. The van der Waals surface area contributed by atoms with E-state index in [4.69, 9.17) is 14.2 Å². The molecule has 2 unspecified atom stereocenters. The molecule has 1 aliphatic heterocycles. The van der Waals surface area contributed by atoms with E-state index >= 15 is 0 Å². The molecule has 1 amide bonds. The summed E-state index contributed by atoms with van der Waals surface area (Å²) in [5.41, 5.74) is 3.06. The first-order valence-corrected chi connectivity index (χ1v) is 12.1. The highest BCUT2D eigenvalue weighted by atomic mass is 16.6. The number of alkyl carbamates (subject to hydrolysis) is 1. The third-order valence-electron chi connectivity index (χ3n) is 5.97. The summed E-state index contributed by atoms with van der Waals surface area (Å²) >= 11 is 0. The average molecular weight is 466 g/mol. The van der Waals surface area contributed by atoms with Crippen molar-refractivity contribution in [2.75, 3.05) is 19.8 Å². The van der Waals surface area contributed by atoms with Gasteiger partial charge in [-0.2, -0.15) is 5.10 Å². The van der Waals surface area contributed by atoms with Crippen LogP contribution >= 0.6 is 0 Å². The molecule has 34 heavy (non-hydrogen) atoms. The monoisotopic (exact) mass is 465 g/mol. The van der Waals surface area contributed by atoms with Crippen LogP contribution in [0.15, 0.2) is 48.7 Å². The van der Waals surface area contributed by atoms with Crippen LogP contribution < -0.4 is 10.1 Å². The van der Waals surface area contributed by atoms with Gasteiger partial charge in [-0.05, 0) is 75.4 Å². The average Bonchev–Trinajstić information content (AvgIpc) is 3.24. The van der Waals surface area contributed by atoms with Crippen LogP contribution in [0, 0.1) is 0 Å². The summed E-state index contributed by atoms with van der Waals surface area (Å²) in [5, 5.41) is 8.44. The van der Waals surface area contributed by atoms with Crippen molar-refractivity contribution in [2.45, 2.75) is 64.7 Å². The Kier molecular flexibility index (Phi) is 7.41. The molecule has 1 aromatic heterocycles. The third kappa shape index (κ3) is 6.08.